The van der Waals surface area contributed by atoms with Gasteiger partial charge in [-0.05, 0) is 31.0 Å². The van der Waals surface area contributed by atoms with Gasteiger partial charge in [0.2, 0.25) is 5.91 Å². The van der Waals surface area contributed by atoms with Crippen LogP contribution in [0.2, 0.25) is 0 Å². The van der Waals surface area contributed by atoms with Crippen LogP contribution in [0.1, 0.15) is 13.3 Å². The number of rotatable bonds is 4. The Morgan fingerprint density at radius 2 is 2.17 bits per heavy atom. The van der Waals surface area contributed by atoms with Gasteiger partial charge in [0.1, 0.15) is 0 Å². The Kier molecular flexibility index (Phi) is 4.59. The second-order valence-electron chi connectivity index (χ2n) is 4.86. The molecule has 18 heavy (non-hydrogen) atoms. The quantitative estimate of drug-likeness (QED) is 0.749. The molecule has 1 aliphatic rings. The van der Waals surface area contributed by atoms with Gasteiger partial charge < -0.3 is 16.0 Å². The number of carbonyl (C=O) groups is 1. The summed E-state index contributed by atoms with van der Waals surface area (Å²) in [4.78, 5) is 11.8. The molecule has 1 heterocycles. The summed E-state index contributed by atoms with van der Waals surface area (Å²) in [5, 5.41) is 9.50. The van der Waals surface area contributed by atoms with Crippen LogP contribution < -0.4 is 16.0 Å². The van der Waals surface area contributed by atoms with Gasteiger partial charge >= 0.3 is 0 Å². The normalized spacial score (nSPS) is 23.4. The van der Waals surface area contributed by atoms with Crippen molar-refractivity contribution in [3.8, 4) is 0 Å². The fourth-order valence-corrected chi connectivity index (χ4v) is 2.18. The zero-order valence-corrected chi connectivity index (χ0v) is 10.8. The average Bonchev–Trinajstić information content (AvgIpc) is 2.40. The number of anilines is 1. The monoisotopic (exact) mass is 247 g/mol. The molecule has 4 heteroatoms. The first-order chi connectivity index (χ1) is 8.75. The van der Waals surface area contributed by atoms with E-state index in [-0.39, 0.29) is 11.9 Å². The Labute approximate surface area is 108 Å². The summed E-state index contributed by atoms with van der Waals surface area (Å²) < 4.78 is 0. The number of nitrogens with one attached hydrogen (secondary N) is 3. The van der Waals surface area contributed by atoms with Crippen LogP contribution in [0.3, 0.4) is 0 Å². The molecule has 98 valence electrons. The Bertz CT molecular complexity index is 380. The van der Waals surface area contributed by atoms with Gasteiger partial charge in [0.05, 0.1) is 6.54 Å². The van der Waals surface area contributed by atoms with Gasteiger partial charge in [-0.1, -0.05) is 25.1 Å². The molecule has 1 aromatic rings. The van der Waals surface area contributed by atoms with Gasteiger partial charge in [-0.25, -0.2) is 0 Å². The highest BCUT2D eigenvalue weighted by molar-refractivity contribution is 5.81. The van der Waals surface area contributed by atoms with E-state index in [0.717, 1.165) is 25.2 Å². The summed E-state index contributed by atoms with van der Waals surface area (Å²) in [5.74, 6) is 0.603. The first-order valence-corrected chi connectivity index (χ1v) is 6.54. The van der Waals surface area contributed by atoms with Crippen molar-refractivity contribution in [1.29, 1.82) is 0 Å². The summed E-state index contributed by atoms with van der Waals surface area (Å²) in [5.41, 5.74) is 0.975. The van der Waals surface area contributed by atoms with Crippen LogP contribution in [0.15, 0.2) is 30.3 Å². The van der Waals surface area contributed by atoms with Crippen molar-refractivity contribution in [3.05, 3.63) is 30.3 Å². The number of carbonyl (C=O) groups excluding carboxylic acids is 1. The lowest BCUT2D eigenvalue weighted by atomic mass is 9.95. The SMILES string of the molecule is CC1CCNCC1NC(=O)CNc1ccccc1. The van der Waals surface area contributed by atoms with Crippen LogP contribution in [0, 0.1) is 5.92 Å². The molecule has 1 amide bonds. The first-order valence-electron chi connectivity index (χ1n) is 6.54. The van der Waals surface area contributed by atoms with E-state index in [2.05, 4.69) is 22.9 Å². The van der Waals surface area contributed by atoms with E-state index >= 15 is 0 Å². The highest BCUT2D eigenvalue weighted by atomic mass is 16.2. The van der Waals surface area contributed by atoms with Crippen LogP contribution in [0.25, 0.3) is 0 Å². The minimum Gasteiger partial charge on any atom is -0.376 e. The van der Waals surface area contributed by atoms with Gasteiger partial charge in [0.25, 0.3) is 0 Å². The molecule has 0 saturated carbocycles. The summed E-state index contributed by atoms with van der Waals surface area (Å²) in [6.45, 7) is 4.44. The maximum absolute atomic E-state index is 11.8. The van der Waals surface area contributed by atoms with Gasteiger partial charge in [-0.2, -0.15) is 0 Å². The Morgan fingerprint density at radius 3 is 2.89 bits per heavy atom. The maximum Gasteiger partial charge on any atom is 0.239 e. The van der Waals surface area contributed by atoms with E-state index in [4.69, 9.17) is 0 Å². The minimum atomic E-state index is 0.0550. The molecule has 0 radical (unpaired) electrons. The van der Waals surface area contributed by atoms with Crippen molar-refractivity contribution >= 4 is 11.6 Å². The summed E-state index contributed by atoms with van der Waals surface area (Å²) in [6.07, 6.45) is 1.12. The molecule has 1 aromatic carbocycles. The van der Waals surface area contributed by atoms with Crippen LogP contribution in [0.5, 0.6) is 0 Å². The number of benzene rings is 1. The third-order valence-electron chi connectivity index (χ3n) is 3.40. The second-order valence-corrected chi connectivity index (χ2v) is 4.86. The van der Waals surface area contributed by atoms with Gasteiger partial charge in [-0.3, -0.25) is 4.79 Å². The molecular weight excluding hydrogens is 226 g/mol. The van der Waals surface area contributed by atoms with Crippen LogP contribution in [-0.2, 0) is 4.79 Å². The number of piperidine rings is 1. The fraction of sp³-hybridized carbons (Fsp3) is 0.500. The van der Waals surface area contributed by atoms with Crippen LogP contribution >= 0.6 is 0 Å². The molecule has 1 saturated heterocycles. The summed E-state index contributed by atoms with van der Waals surface area (Å²) in [7, 11) is 0. The molecule has 3 N–H and O–H groups in total. The predicted octanol–water partition coefficient (Wildman–Crippen LogP) is 1.21. The third kappa shape index (κ3) is 3.74. The molecule has 2 unspecified atom stereocenters. The lowest BCUT2D eigenvalue weighted by Gasteiger charge is -2.30. The van der Waals surface area contributed by atoms with Crippen molar-refractivity contribution in [3.63, 3.8) is 0 Å². The first kappa shape index (κ1) is 12.9. The zero-order chi connectivity index (χ0) is 12.8. The molecule has 1 aliphatic heterocycles. The number of hydrogen-bond acceptors (Lipinski definition) is 3. The van der Waals surface area contributed by atoms with E-state index < -0.39 is 0 Å². The maximum atomic E-state index is 11.8. The van der Waals surface area contributed by atoms with Crippen molar-refractivity contribution in [2.45, 2.75) is 19.4 Å². The smallest absolute Gasteiger partial charge is 0.239 e. The lowest BCUT2D eigenvalue weighted by molar-refractivity contribution is -0.120. The topological polar surface area (TPSA) is 53.2 Å². The van der Waals surface area contributed by atoms with Crippen molar-refractivity contribution in [2.24, 2.45) is 5.92 Å². The van der Waals surface area contributed by atoms with E-state index in [0.29, 0.717) is 12.5 Å². The van der Waals surface area contributed by atoms with E-state index in [9.17, 15) is 4.79 Å². The predicted molar refractivity (Wildman–Crippen MR) is 73.5 cm³/mol. The molecule has 0 aromatic heterocycles. The summed E-state index contributed by atoms with van der Waals surface area (Å²) in [6, 6.07) is 10.0. The molecule has 0 aliphatic carbocycles. The number of para-hydroxylation sites is 1. The lowest BCUT2D eigenvalue weighted by Crippen LogP contribution is -2.51. The molecular formula is C14H21N3O. The summed E-state index contributed by atoms with van der Waals surface area (Å²) >= 11 is 0. The van der Waals surface area contributed by atoms with Gasteiger partial charge in [0.15, 0.2) is 0 Å². The zero-order valence-electron chi connectivity index (χ0n) is 10.8. The standard InChI is InChI=1S/C14H21N3O/c1-11-7-8-15-9-13(11)17-14(18)10-16-12-5-3-2-4-6-12/h2-6,11,13,15-16H,7-10H2,1H3,(H,17,18). The molecule has 2 atom stereocenters. The number of amides is 1. The second kappa shape index (κ2) is 6.40. The third-order valence-corrected chi connectivity index (χ3v) is 3.40. The molecule has 0 spiro atoms. The van der Waals surface area contributed by atoms with Crippen LogP contribution in [0.4, 0.5) is 5.69 Å². The fourth-order valence-electron chi connectivity index (χ4n) is 2.18. The highest BCUT2D eigenvalue weighted by Crippen LogP contribution is 2.11. The van der Waals surface area contributed by atoms with Crippen LogP contribution in [-0.4, -0.2) is 31.6 Å². The van der Waals surface area contributed by atoms with E-state index in [1.165, 1.54) is 0 Å². The minimum absolute atomic E-state index is 0.0550. The van der Waals surface area contributed by atoms with Gasteiger partial charge in [-0.15, -0.1) is 0 Å². The van der Waals surface area contributed by atoms with E-state index in [1.54, 1.807) is 0 Å². The number of hydrogen-bond donors (Lipinski definition) is 3. The molecule has 4 nitrogen and oxygen atoms in total. The highest BCUT2D eigenvalue weighted by Gasteiger charge is 2.22. The molecule has 1 fully saturated rings. The van der Waals surface area contributed by atoms with Crippen molar-refractivity contribution in [1.82, 2.24) is 10.6 Å². The van der Waals surface area contributed by atoms with Gasteiger partial charge in [0, 0.05) is 18.3 Å². The molecule has 2 rings (SSSR count). The van der Waals surface area contributed by atoms with Crippen molar-refractivity contribution in [2.75, 3.05) is 25.0 Å². The average molecular weight is 247 g/mol. The largest absolute Gasteiger partial charge is 0.376 e. The Morgan fingerprint density at radius 1 is 1.39 bits per heavy atom. The van der Waals surface area contributed by atoms with E-state index in [1.807, 2.05) is 30.3 Å². The Hall–Kier alpha value is -1.55. The van der Waals surface area contributed by atoms with Crippen molar-refractivity contribution < 1.29 is 4.79 Å². The molecule has 0 bridgehead atoms. The Balaban J connectivity index is 1.75.